The molecule has 1 spiro atoms. The molecule has 1 heterocycles. The summed E-state index contributed by atoms with van der Waals surface area (Å²) < 4.78 is 73.8. The maximum absolute atomic E-state index is 14.4. The van der Waals surface area contributed by atoms with E-state index in [0.29, 0.717) is 40.5 Å². The first-order valence-electron chi connectivity index (χ1n) is 14.9. The van der Waals surface area contributed by atoms with E-state index < -0.39 is 39.7 Å². The van der Waals surface area contributed by atoms with Crippen molar-refractivity contribution in [1.29, 1.82) is 0 Å². The van der Waals surface area contributed by atoms with E-state index in [1.807, 2.05) is 4.72 Å². The van der Waals surface area contributed by atoms with E-state index in [0.717, 1.165) is 24.7 Å². The summed E-state index contributed by atoms with van der Waals surface area (Å²) >= 11 is 0. The van der Waals surface area contributed by atoms with Gasteiger partial charge in [-0.3, -0.25) is 9.59 Å². The van der Waals surface area contributed by atoms with Crippen LogP contribution in [0.2, 0.25) is 0 Å². The minimum absolute atomic E-state index is 0.307. The fourth-order valence-electron chi connectivity index (χ4n) is 5.46. The molecule has 2 aliphatic rings. The molecule has 15 heteroatoms. The Morgan fingerprint density at radius 1 is 1.00 bits per heavy atom. The number of carbonyl (C=O) groups excluding carboxylic acids is 2. The average molecular weight is 689 g/mol. The van der Waals surface area contributed by atoms with E-state index in [-0.39, 0.29) is 11.3 Å². The molecule has 2 N–H and O–H groups in total. The minimum atomic E-state index is -4.89. The number of alkyl halides is 3. The van der Waals surface area contributed by atoms with Gasteiger partial charge in [0.15, 0.2) is 0 Å². The summed E-state index contributed by atoms with van der Waals surface area (Å²) in [5, 5.41) is 7.34. The number of nitrogens with zero attached hydrogens (tertiary/aromatic N) is 2. The van der Waals surface area contributed by atoms with Crippen molar-refractivity contribution in [3.8, 4) is 11.5 Å². The summed E-state index contributed by atoms with van der Waals surface area (Å²) in [6.45, 7) is 4.65. The highest BCUT2D eigenvalue weighted by Crippen LogP contribution is 2.57. The number of rotatable bonds is 11. The molecule has 1 fully saturated rings. The molecule has 256 valence electrons. The second-order valence-electron chi connectivity index (χ2n) is 12.4. The Morgan fingerprint density at radius 2 is 1.69 bits per heavy atom. The van der Waals surface area contributed by atoms with Gasteiger partial charge in [0, 0.05) is 35.3 Å². The van der Waals surface area contributed by atoms with Gasteiger partial charge in [-0.1, -0.05) is 41.6 Å². The molecule has 5 rings (SSSR count). The highest BCUT2D eigenvalue weighted by Gasteiger charge is 2.54. The summed E-state index contributed by atoms with van der Waals surface area (Å²) in [5.41, 5.74) is 1.09. The largest absolute Gasteiger partial charge is 0.573 e. The van der Waals surface area contributed by atoms with Gasteiger partial charge in [-0.2, -0.15) is 0 Å². The topological polar surface area (TPSA) is 136 Å². The quantitative estimate of drug-likeness (QED) is 0.202. The molecule has 1 unspecified atom stereocenters. The molecule has 2 amide bonds. The standard InChI is InChI=1S/C33H35F3N4O7S/c1-20(38-47-31(2,3)30(42)39-48(5,43)44)22-15-23(17-25(16-22)45-4)37-28(21-9-7-6-8-10-21)29(41)40-19-32(13-14-32)26-12-11-24(18-27(26)40)46-33(34,35)36/h6-12,15-18,28,37H,13-14,19H2,1-5H3,(H,39,42). The van der Waals surface area contributed by atoms with Gasteiger partial charge in [0.2, 0.25) is 15.6 Å². The second kappa shape index (κ2) is 12.7. The van der Waals surface area contributed by atoms with Crippen LogP contribution in [-0.2, 0) is 29.9 Å². The molecule has 3 aromatic rings. The van der Waals surface area contributed by atoms with Crippen molar-refractivity contribution in [2.75, 3.05) is 30.1 Å². The Morgan fingerprint density at radius 3 is 2.29 bits per heavy atom. The van der Waals surface area contributed by atoms with Crippen molar-refractivity contribution >= 4 is 38.9 Å². The maximum atomic E-state index is 14.4. The van der Waals surface area contributed by atoms with Crippen molar-refractivity contribution < 1.29 is 45.5 Å². The Bertz CT molecular complexity index is 1860. The number of benzene rings is 3. The van der Waals surface area contributed by atoms with Gasteiger partial charge >= 0.3 is 6.36 Å². The molecule has 0 saturated heterocycles. The zero-order valence-corrected chi connectivity index (χ0v) is 27.7. The Labute approximate surface area is 276 Å². The molecule has 1 atom stereocenters. The monoisotopic (exact) mass is 688 g/mol. The van der Waals surface area contributed by atoms with Crippen molar-refractivity contribution in [3.63, 3.8) is 0 Å². The third kappa shape index (κ3) is 7.84. The summed E-state index contributed by atoms with van der Waals surface area (Å²) in [5.74, 6) is -1.30. The minimum Gasteiger partial charge on any atom is -0.497 e. The van der Waals surface area contributed by atoms with Crippen molar-refractivity contribution in [2.24, 2.45) is 5.16 Å². The van der Waals surface area contributed by atoms with Crippen LogP contribution in [0, 0.1) is 0 Å². The molecule has 3 aromatic carbocycles. The summed E-state index contributed by atoms with van der Waals surface area (Å²) in [4.78, 5) is 33.8. The number of ether oxygens (including phenoxy) is 2. The molecular weight excluding hydrogens is 653 g/mol. The van der Waals surface area contributed by atoms with Crippen LogP contribution >= 0.6 is 0 Å². The first-order chi connectivity index (χ1) is 22.4. The lowest BCUT2D eigenvalue weighted by atomic mass is 9.99. The van der Waals surface area contributed by atoms with Crippen LogP contribution in [0.15, 0.2) is 71.9 Å². The lowest BCUT2D eigenvalue weighted by Gasteiger charge is -2.27. The second-order valence-corrected chi connectivity index (χ2v) is 14.1. The molecule has 0 aromatic heterocycles. The number of carbonyl (C=O) groups is 2. The van der Waals surface area contributed by atoms with Crippen LogP contribution in [0.3, 0.4) is 0 Å². The molecule has 0 bridgehead atoms. The number of fused-ring (bicyclic) bond motifs is 2. The predicted octanol–water partition coefficient (Wildman–Crippen LogP) is 5.42. The molecule has 11 nitrogen and oxygen atoms in total. The zero-order chi connectivity index (χ0) is 35.1. The number of hydrogen-bond acceptors (Lipinski definition) is 9. The van der Waals surface area contributed by atoms with Gasteiger partial charge in [-0.05, 0) is 62.9 Å². The van der Waals surface area contributed by atoms with Crippen LogP contribution in [0.5, 0.6) is 11.5 Å². The van der Waals surface area contributed by atoms with Crippen molar-refractivity contribution in [1.82, 2.24) is 4.72 Å². The van der Waals surface area contributed by atoms with Gasteiger partial charge in [-0.25, -0.2) is 13.1 Å². The molecule has 0 radical (unpaired) electrons. The van der Waals surface area contributed by atoms with E-state index in [1.165, 1.54) is 38.0 Å². The third-order valence-electron chi connectivity index (χ3n) is 8.13. The molecule has 1 saturated carbocycles. The average Bonchev–Trinajstić information content (AvgIpc) is 3.72. The fraction of sp³-hybridized carbons (Fsp3) is 0.364. The third-order valence-corrected chi connectivity index (χ3v) is 8.69. The smallest absolute Gasteiger partial charge is 0.497 e. The molecule has 48 heavy (non-hydrogen) atoms. The van der Waals surface area contributed by atoms with E-state index in [9.17, 15) is 31.2 Å². The highest BCUT2D eigenvalue weighted by molar-refractivity contribution is 7.89. The molecule has 1 aliphatic carbocycles. The summed E-state index contributed by atoms with van der Waals surface area (Å²) in [7, 11) is -2.36. The van der Waals surface area contributed by atoms with Gasteiger partial charge in [0.05, 0.1) is 24.8 Å². The number of hydrogen-bond donors (Lipinski definition) is 2. The van der Waals surface area contributed by atoms with Crippen molar-refractivity contribution in [3.05, 3.63) is 83.4 Å². The normalized spacial score (nSPS) is 16.2. The number of oxime groups is 1. The fourth-order valence-corrected chi connectivity index (χ4v) is 6.04. The first-order valence-corrected chi connectivity index (χ1v) is 16.8. The maximum Gasteiger partial charge on any atom is 0.573 e. The van der Waals surface area contributed by atoms with Gasteiger partial charge in [0.25, 0.3) is 11.8 Å². The molecular formula is C33H35F3N4O7S. The van der Waals surface area contributed by atoms with Gasteiger partial charge in [-0.15, -0.1) is 13.2 Å². The Hall–Kier alpha value is -4.79. The van der Waals surface area contributed by atoms with Crippen molar-refractivity contribution in [2.45, 2.75) is 57.0 Å². The molecule has 1 aliphatic heterocycles. The predicted molar refractivity (Wildman–Crippen MR) is 173 cm³/mol. The number of methoxy groups -OCH3 is 1. The van der Waals surface area contributed by atoms with Crippen LogP contribution in [0.4, 0.5) is 24.5 Å². The van der Waals surface area contributed by atoms with E-state index in [1.54, 1.807) is 61.5 Å². The lowest BCUT2D eigenvalue weighted by molar-refractivity contribution is -0.274. The SMILES string of the molecule is COc1cc(NC(C(=O)N2CC3(CC3)c3ccc(OC(F)(F)F)cc32)c2ccccc2)cc(C(C)=NOC(C)(C)C(=O)NS(C)(=O)=O)c1. The number of halogens is 3. The number of nitrogens with one attached hydrogen (secondary N) is 2. The van der Waals surface area contributed by atoms with Crippen LogP contribution in [0.25, 0.3) is 0 Å². The van der Waals surface area contributed by atoms with Crippen LogP contribution in [0.1, 0.15) is 56.3 Å². The summed E-state index contributed by atoms with van der Waals surface area (Å²) in [6, 6.07) is 17.1. The van der Waals surface area contributed by atoms with E-state index in [2.05, 4.69) is 15.2 Å². The highest BCUT2D eigenvalue weighted by atomic mass is 32.2. The Balaban J connectivity index is 1.46. The number of sulfonamides is 1. The van der Waals surface area contributed by atoms with Crippen LogP contribution in [-0.4, -0.2) is 57.8 Å². The number of anilines is 2. The van der Waals surface area contributed by atoms with E-state index in [4.69, 9.17) is 9.57 Å². The number of amides is 2. The lowest BCUT2D eigenvalue weighted by Crippen LogP contribution is -2.45. The van der Waals surface area contributed by atoms with Gasteiger partial charge < -0.3 is 24.5 Å². The zero-order valence-electron chi connectivity index (χ0n) is 26.8. The first kappa shape index (κ1) is 34.5. The Kier molecular flexibility index (Phi) is 9.12. The van der Waals surface area contributed by atoms with E-state index >= 15 is 0 Å². The van der Waals surface area contributed by atoms with Crippen LogP contribution < -0.4 is 24.4 Å². The van der Waals surface area contributed by atoms with Gasteiger partial charge in [0.1, 0.15) is 17.5 Å². The summed E-state index contributed by atoms with van der Waals surface area (Å²) in [6.07, 6.45) is -2.43.